The van der Waals surface area contributed by atoms with E-state index in [1.165, 1.54) is 0 Å². The number of rotatable bonds is 0. The minimum Gasteiger partial charge on any atom is -0.724 e. The smallest absolute Gasteiger partial charge is 0.724 e. The number of hydrogen-bond acceptors (Lipinski definition) is 1. The fourth-order valence-electron chi connectivity index (χ4n) is 0. The van der Waals surface area contributed by atoms with Crippen molar-refractivity contribution in [3.8, 4) is 0 Å². The van der Waals surface area contributed by atoms with Crippen molar-refractivity contribution in [3.05, 3.63) is 5.41 Å². The molecule has 0 aliphatic carbocycles. The molecule has 16 valence electrons. The summed E-state index contributed by atoms with van der Waals surface area (Å²) in [6.45, 7) is 0. The van der Waals surface area contributed by atoms with Gasteiger partial charge in [-0.1, -0.05) is 0 Å². The summed E-state index contributed by atoms with van der Waals surface area (Å²) in [4.78, 5) is 8.24. The van der Waals surface area contributed by atoms with E-state index in [0.717, 1.165) is 0 Å². The van der Waals surface area contributed by atoms with Crippen LogP contribution in [0.2, 0.25) is 0 Å². The summed E-state index contributed by atoms with van der Waals surface area (Å²) in [6.07, 6.45) is 0.500. The molecule has 0 aromatic rings. The zero-order chi connectivity index (χ0) is 2.71. The molecular weight excluding hydrogens is 65.0 g/mol. The summed E-state index contributed by atoms with van der Waals surface area (Å²) in [7, 11) is 0. The monoisotopic (exact) mass is 65.0 g/mol. The molecule has 0 N–H and O–H groups in total. The summed E-state index contributed by atoms with van der Waals surface area (Å²) in [5, 5.41) is 6.76. The van der Waals surface area contributed by atoms with E-state index in [-0.39, 0.29) is 29.6 Å². The summed E-state index contributed by atoms with van der Waals surface area (Å²) >= 11 is 0. The molecule has 0 spiro atoms. The standard InChI is InChI=1S/CNO.Na/c2-1-3;/q-1;+1. The molecule has 0 heterocycles. The summed E-state index contributed by atoms with van der Waals surface area (Å²) < 4.78 is 0. The van der Waals surface area contributed by atoms with Crippen LogP contribution in [0.5, 0.6) is 0 Å². The molecule has 0 aromatic carbocycles. The van der Waals surface area contributed by atoms with Crippen LogP contribution < -0.4 is 29.6 Å². The molecule has 4 heavy (non-hydrogen) atoms. The second-order valence-electron chi connectivity index (χ2n) is 0.0913. The normalized spacial score (nSPS) is 2.00. The maximum absolute atomic E-state index is 8.24. The molecule has 0 aromatic heterocycles. The van der Waals surface area contributed by atoms with E-state index in [4.69, 9.17) is 10.2 Å². The Morgan fingerprint density at radius 1 is 1.75 bits per heavy atom. The maximum Gasteiger partial charge on any atom is 1.00 e. The van der Waals surface area contributed by atoms with Crippen LogP contribution in [0.15, 0.2) is 0 Å². The van der Waals surface area contributed by atoms with Crippen molar-refractivity contribution in [1.82, 2.24) is 0 Å². The third kappa shape index (κ3) is 31.4. The van der Waals surface area contributed by atoms with Crippen LogP contribution in [0.3, 0.4) is 0 Å². The molecule has 0 saturated carbocycles. The number of nitrogens with zero attached hydrogens (tertiary/aromatic N) is 1. The maximum atomic E-state index is 8.24. The van der Waals surface area contributed by atoms with Gasteiger partial charge in [-0.25, -0.2) is 0 Å². The van der Waals surface area contributed by atoms with E-state index in [1.54, 1.807) is 0 Å². The van der Waals surface area contributed by atoms with E-state index in [0.29, 0.717) is 6.08 Å². The summed E-state index contributed by atoms with van der Waals surface area (Å²) in [5.74, 6) is 0. The minimum atomic E-state index is 0. The molecule has 0 bridgehead atoms. The van der Waals surface area contributed by atoms with Gasteiger partial charge in [0.05, 0.1) is 0 Å². The molecule has 0 rings (SSSR count). The Balaban J connectivity index is 0. The first-order valence-electron chi connectivity index (χ1n) is 0.428. The second kappa shape index (κ2) is 10.1. The van der Waals surface area contributed by atoms with Gasteiger partial charge in [0.1, 0.15) is 0 Å². The number of hydrogen-bond donors (Lipinski definition) is 0. The van der Waals surface area contributed by atoms with Gasteiger partial charge in [0.2, 0.25) is 0 Å². The van der Waals surface area contributed by atoms with Crippen LogP contribution >= 0.6 is 0 Å². The van der Waals surface area contributed by atoms with Gasteiger partial charge in [0, 0.05) is 0 Å². The van der Waals surface area contributed by atoms with Crippen molar-refractivity contribution in [1.29, 1.82) is 0 Å². The van der Waals surface area contributed by atoms with Gasteiger partial charge < -0.3 is 5.41 Å². The molecule has 2 nitrogen and oxygen atoms in total. The average Bonchev–Trinajstić information content (AvgIpc) is 0.918. The van der Waals surface area contributed by atoms with Crippen LogP contribution in [-0.2, 0) is 4.79 Å². The van der Waals surface area contributed by atoms with Crippen LogP contribution in [0.25, 0.3) is 5.41 Å². The zero-order valence-corrected chi connectivity index (χ0v) is 4.36. The Morgan fingerprint density at radius 3 is 1.75 bits per heavy atom. The third-order valence-corrected chi connectivity index (χ3v) is 0. The van der Waals surface area contributed by atoms with Gasteiger partial charge in [-0.05, 0) is 6.08 Å². The van der Waals surface area contributed by atoms with Crippen molar-refractivity contribution in [3.63, 3.8) is 0 Å². The van der Waals surface area contributed by atoms with Gasteiger partial charge in [0.15, 0.2) is 0 Å². The Bertz CT molecular complexity index is 29.0. The first-order chi connectivity index (χ1) is 1.41. The molecule has 0 radical (unpaired) electrons. The Morgan fingerprint density at radius 2 is 1.75 bits per heavy atom. The van der Waals surface area contributed by atoms with E-state index in [2.05, 4.69) is 0 Å². The molecule has 0 fully saturated rings. The topological polar surface area (TPSA) is 39.4 Å². The molecular formula is CNNaO. The molecule has 0 amide bonds. The molecule has 0 aliphatic heterocycles. The van der Waals surface area contributed by atoms with E-state index in [9.17, 15) is 0 Å². The fourth-order valence-corrected chi connectivity index (χ4v) is 0. The molecule has 0 unspecified atom stereocenters. The van der Waals surface area contributed by atoms with Gasteiger partial charge >= 0.3 is 29.6 Å². The van der Waals surface area contributed by atoms with E-state index >= 15 is 0 Å². The minimum absolute atomic E-state index is 0. The van der Waals surface area contributed by atoms with Crippen molar-refractivity contribution < 1.29 is 34.4 Å². The number of isocyanates is 1. The first kappa shape index (κ1) is 8.83. The van der Waals surface area contributed by atoms with Crippen molar-refractivity contribution in [2.75, 3.05) is 0 Å². The van der Waals surface area contributed by atoms with E-state index < -0.39 is 0 Å². The van der Waals surface area contributed by atoms with Gasteiger partial charge in [-0.2, -0.15) is 0 Å². The van der Waals surface area contributed by atoms with Gasteiger partial charge in [-0.15, -0.1) is 0 Å². The molecule has 3 heteroatoms. The Hall–Kier alpha value is 0.380. The van der Waals surface area contributed by atoms with Crippen LogP contribution in [-0.4, -0.2) is 6.08 Å². The zero-order valence-electron chi connectivity index (χ0n) is 2.36. The Labute approximate surface area is 46.0 Å². The van der Waals surface area contributed by atoms with Crippen molar-refractivity contribution in [2.24, 2.45) is 0 Å². The van der Waals surface area contributed by atoms with Crippen LogP contribution in [0.1, 0.15) is 0 Å². The summed E-state index contributed by atoms with van der Waals surface area (Å²) in [6, 6.07) is 0. The first-order valence-corrected chi connectivity index (χ1v) is 0.428. The number of carbonyl (C=O) groups excluding carboxylic acids is 1. The van der Waals surface area contributed by atoms with Crippen molar-refractivity contribution >= 4 is 6.08 Å². The van der Waals surface area contributed by atoms with Gasteiger partial charge in [0.25, 0.3) is 0 Å². The summed E-state index contributed by atoms with van der Waals surface area (Å²) in [5.41, 5.74) is 0. The predicted octanol–water partition coefficient (Wildman–Crippen LogP) is -3.10. The van der Waals surface area contributed by atoms with Crippen molar-refractivity contribution in [2.45, 2.75) is 0 Å². The van der Waals surface area contributed by atoms with Crippen LogP contribution in [0.4, 0.5) is 0 Å². The largest absolute Gasteiger partial charge is 1.00 e. The Kier molecular flexibility index (Phi) is 22.2. The fraction of sp³-hybridized carbons (Fsp3) is 0. The van der Waals surface area contributed by atoms with Gasteiger partial charge in [-0.3, -0.25) is 4.79 Å². The molecule has 0 aliphatic rings. The average molecular weight is 65.0 g/mol. The molecule has 0 saturated heterocycles. The predicted molar refractivity (Wildman–Crippen MR) is 9.05 cm³/mol. The molecule has 0 atom stereocenters. The van der Waals surface area contributed by atoms with E-state index in [1.807, 2.05) is 0 Å². The second-order valence-corrected chi connectivity index (χ2v) is 0.0913. The quantitative estimate of drug-likeness (QED) is 0.167. The van der Waals surface area contributed by atoms with Crippen LogP contribution in [0, 0.1) is 0 Å². The third-order valence-electron chi connectivity index (χ3n) is 0. The SMILES string of the molecule is [N-]=C=O.[Na+].